The van der Waals surface area contributed by atoms with Crippen LogP contribution in [0.4, 0.5) is 0 Å². The zero-order valence-corrected chi connectivity index (χ0v) is 14.4. The lowest BCUT2D eigenvalue weighted by Gasteiger charge is -2.10. The minimum absolute atomic E-state index is 0.212. The summed E-state index contributed by atoms with van der Waals surface area (Å²) in [6.07, 6.45) is 3.58. The lowest BCUT2D eigenvalue weighted by molar-refractivity contribution is -0.129. The Hall–Kier alpha value is -2.11. The van der Waals surface area contributed by atoms with Crippen LogP contribution in [0.2, 0.25) is 5.02 Å². The highest BCUT2D eigenvalue weighted by molar-refractivity contribution is 9.10. The summed E-state index contributed by atoms with van der Waals surface area (Å²) >= 11 is 9.05. The van der Waals surface area contributed by atoms with Crippen LogP contribution in [0.5, 0.6) is 11.5 Å². The monoisotopic (exact) mass is 394 g/mol. The molecule has 2 aromatic carbocycles. The Kier molecular flexibility index (Phi) is 5.96. The van der Waals surface area contributed by atoms with Gasteiger partial charge in [0.15, 0.2) is 11.5 Å². The molecule has 0 atom stereocenters. The summed E-state index contributed by atoms with van der Waals surface area (Å²) in [7, 11) is 1.43. The number of benzene rings is 2. The number of carbonyl (C=O) groups is 2. The minimum Gasteiger partial charge on any atom is -0.493 e. The third-order valence-electron chi connectivity index (χ3n) is 2.87. The lowest BCUT2D eigenvalue weighted by atomic mass is 10.2. The van der Waals surface area contributed by atoms with Crippen LogP contribution >= 0.6 is 27.5 Å². The second-order valence-electron chi connectivity index (χ2n) is 4.46. The van der Waals surface area contributed by atoms with E-state index in [1.165, 1.54) is 19.3 Å². The van der Waals surface area contributed by atoms with E-state index in [1.54, 1.807) is 36.4 Å². The number of carbonyl (C=O) groups excluding carboxylic acids is 2. The SMILES string of the molecule is COc1cc(C=O)cc(Br)c1OC(=O)/C=C/c1ccc(Cl)cc1. The van der Waals surface area contributed by atoms with Crippen molar-refractivity contribution in [3.63, 3.8) is 0 Å². The molecule has 6 heteroatoms. The zero-order chi connectivity index (χ0) is 16.8. The Balaban J connectivity index is 2.16. The van der Waals surface area contributed by atoms with E-state index in [4.69, 9.17) is 21.1 Å². The Morgan fingerprint density at radius 2 is 1.87 bits per heavy atom. The van der Waals surface area contributed by atoms with Gasteiger partial charge in [-0.1, -0.05) is 23.7 Å². The van der Waals surface area contributed by atoms with Crippen molar-refractivity contribution in [1.82, 2.24) is 0 Å². The summed E-state index contributed by atoms with van der Waals surface area (Å²) in [6.45, 7) is 0. The predicted molar refractivity (Wildman–Crippen MR) is 92.2 cm³/mol. The molecule has 0 amide bonds. The van der Waals surface area contributed by atoms with E-state index in [2.05, 4.69) is 15.9 Å². The molecule has 0 N–H and O–H groups in total. The molecule has 2 rings (SSSR count). The largest absolute Gasteiger partial charge is 0.493 e. The average molecular weight is 396 g/mol. The van der Waals surface area contributed by atoms with Crippen molar-refractivity contribution in [1.29, 1.82) is 0 Å². The van der Waals surface area contributed by atoms with Crippen LogP contribution in [0.1, 0.15) is 15.9 Å². The van der Waals surface area contributed by atoms with Gasteiger partial charge in [-0.2, -0.15) is 0 Å². The Morgan fingerprint density at radius 1 is 1.17 bits per heavy atom. The molecule has 0 aromatic heterocycles. The van der Waals surface area contributed by atoms with E-state index >= 15 is 0 Å². The number of ether oxygens (including phenoxy) is 2. The fourth-order valence-corrected chi connectivity index (χ4v) is 2.45. The van der Waals surface area contributed by atoms with Crippen LogP contribution in [-0.2, 0) is 4.79 Å². The van der Waals surface area contributed by atoms with Gasteiger partial charge in [0.25, 0.3) is 0 Å². The molecule has 23 heavy (non-hydrogen) atoms. The highest BCUT2D eigenvalue weighted by atomic mass is 79.9. The third kappa shape index (κ3) is 4.68. The fourth-order valence-electron chi connectivity index (χ4n) is 1.78. The summed E-state index contributed by atoms with van der Waals surface area (Å²) in [5.74, 6) is -0.0728. The van der Waals surface area contributed by atoms with Gasteiger partial charge >= 0.3 is 5.97 Å². The molecule has 0 radical (unpaired) electrons. The number of esters is 1. The highest BCUT2D eigenvalue weighted by Gasteiger charge is 2.14. The first kappa shape index (κ1) is 17.2. The van der Waals surface area contributed by atoms with Gasteiger partial charge in [-0.3, -0.25) is 4.79 Å². The van der Waals surface area contributed by atoms with Crippen LogP contribution in [0.25, 0.3) is 6.08 Å². The molecule has 0 aliphatic heterocycles. The molecule has 118 valence electrons. The van der Waals surface area contributed by atoms with E-state index in [-0.39, 0.29) is 11.5 Å². The van der Waals surface area contributed by atoms with Crippen molar-refractivity contribution < 1.29 is 19.1 Å². The maximum atomic E-state index is 11.9. The number of rotatable bonds is 5. The Labute approximate surface area is 146 Å². The van der Waals surface area contributed by atoms with Crippen molar-refractivity contribution in [2.45, 2.75) is 0 Å². The van der Waals surface area contributed by atoms with Gasteiger partial charge in [-0.05, 0) is 51.8 Å². The fraction of sp³-hybridized carbons (Fsp3) is 0.0588. The summed E-state index contributed by atoms with van der Waals surface area (Å²) in [5.41, 5.74) is 1.22. The standard InChI is InChI=1S/C17H12BrClO4/c1-22-15-9-12(10-20)8-14(18)17(15)23-16(21)7-4-11-2-5-13(19)6-3-11/h2-10H,1H3/b7-4+. The first-order valence-electron chi connectivity index (χ1n) is 6.51. The zero-order valence-electron chi connectivity index (χ0n) is 12.1. The number of methoxy groups -OCH3 is 1. The van der Waals surface area contributed by atoms with Gasteiger partial charge < -0.3 is 9.47 Å². The van der Waals surface area contributed by atoms with E-state index < -0.39 is 5.97 Å². The molecule has 0 saturated heterocycles. The van der Waals surface area contributed by atoms with Crippen LogP contribution < -0.4 is 9.47 Å². The minimum atomic E-state index is -0.571. The molecule has 0 aliphatic rings. The van der Waals surface area contributed by atoms with Gasteiger partial charge in [0, 0.05) is 16.7 Å². The second kappa shape index (κ2) is 7.94. The first-order valence-corrected chi connectivity index (χ1v) is 7.68. The van der Waals surface area contributed by atoms with Gasteiger partial charge in [-0.15, -0.1) is 0 Å². The van der Waals surface area contributed by atoms with E-state index in [9.17, 15) is 9.59 Å². The molecule has 0 fully saturated rings. The Bertz CT molecular complexity index is 754. The van der Waals surface area contributed by atoms with Crippen molar-refractivity contribution in [3.05, 3.63) is 63.1 Å². The van der Waals surface area contributed by atoms with E-state index in [0.29, 0.717) is 21.3 Å². The molecular formula is C17H12BrClO4. The van der Waals surface area contributed by atoms with E-state index in [1.807, 2.05) is 0 Å². The smallest absolute Gasteiger partial charge is 0.336 e. The average Bonchev–Trinajstić information content (AvgIpc) is 2.55. The number of hydrogen-bond donors (Lipinski definition) is 0. The number of hydrogen-bond acceptors (Lipinski definition) is 4. The molecule has 2 aromatic rings. The molecule has 0 spiro atoms. The molecule has 0 unspecified atom stereocenters. The quantitative estimate of drug-likeness (QED) is 0.323. The molecule has 0 heterocycles. The Morgan fingerprint density at radius 3 is 2.48 bits per heavy atom. The van der Waals surface area contributed by atoms with Crippen molar-refractivity contribution in [3.8, 4) is 11.5 Å². The predicted octanol–water partition coefficient (Wildman–Crippen LogP) is 4.54. The molecule has 0 bridgehead atoms. The van der Waals surface area contributed by atoms with Gasteiger partial charge in [0.1, 0.15) is 6.29 Å². The van der Waals surface area contributed by atoms with Crippen molar-refractivity contribution in [2.24, 2.45) is 0 Å². The third-order valence-corrected chi connectivity index (χ3v) is 3.71. The van der Waals surface area contributed by atoms with Gasteiger partial charge in [-0.25, -0.2) is 4.79 Å². The molecular weight excluding hydrogens is 384 g/mol. The molecule has 4 nitrogen and oxygen atoms in total. The lowest BCUT2D eigenvalue weighted by Crippen LogP contribution is -2.06. The summed E-state index contributed by atoms with van der Waals surface area (Å²) in [6, 6.07) is 10.0. The molecule has 0 aliphatic carbocycles. The summed E-state index contributed by atoms with van der Waals surface area (Å²) < 4.78 is 10.9. The van der Waals surface area contributed by atoms with Crippen LogP contribution in [-0.4, -0.2) is 19.4 Å². The first-order chi connectivity index (χ1) is 11.0. The van der Waals surface area contributed by atoms with E-state index in [0.717, 1.165) is 5.56 Å². The topological polar surface area (TPSA) is 52.6 Å². The van der Waals surface area contributed by atoms with Crippen LogP contribution in [0.3, 0.4) is 0 Å². The normalized spacial score (nSPS) is 10.6. The van der Waals surface area contributed by atoms with Crippen molar-refractivity contribution >= 4 is 45.9 Å². The van der Waals surface area contributed by atoms with Crippen molar-refractivity contribution in [2.75, 3.05) is 7.11 Å². The number of aldehydes is 1. The summed E-state index contributed by atoms with van der Waals surface area (Å²) in [5, 5.41) is 0.619. The maximum Gasteiger partial charge on any atom is 0.336 e. The van der Waals surface area contributed by atoms with Crippen LogP contribution in [0.15, 0.2) is 46.9 Å². The van der Waals surface area contributed by atoms with Crippen LogP contribution in [0, 0.1) is 0 Å². The highest BCUT2D eigenvalue weighted by Crippen LogP contribution is 2.36. The molecule has 0 saturated carbocycles. The second-order valence-corrected chi connectivity index (χ2v) is 5.75. The maximum absolute atomic E-state index is 11.9. The number of halogens is 2. The summed E-state index contributed by atoms with van der Waals surface area (Å²) in [4.78, 5) is 22.8. The van der Waals surface area contributed by atoms with Gasteiger partial charge in [0.05, 0.1) is 11.6 Å². The van der Waals surface area contributed by atoms with Gasteiger partial charge in [0.2, 0.25) is 0 Å².